The molecule has 2 rings (SSSR count). The number of hydrogen-bond acceptors (Lipinski definition) is 4. The number of nitrogens with zero attached hydrogens (tertiary/aromatic N) is 1. The molecule has 1 fully saturated rings. The summed E-state index contributed by atoms with van der Waals surface area (Å²) in [6.45, 7) is 4.33. The summed E-state index contributed by atoms with van der Waals surface area (Å²) >= 11 is 1.85. The molecule has 0 radical (unpaired) electrons. The molecule has 0 aromatic carbocycles. The maximum absolute atomic E-state index is 8.79. The van der Waals surface area contributed by atoms with Crippen LogP contribution < -0.4 is 5.32 Å². The van der Waals surface area contributed by atoms with E-state index in [0.29, 0.717) is 5.92 Å². The van der Waals surface area contributed by atoms with Gasteiger partial charge in [0, 0.05) is 30.1 Å². The van der Waals surface area contributed by atoms with Crippen molar-refractivity contribution < 1.29 is 5.11 Å². The third-order valence-electron chi connectivity index (χ3n) is 2.91. The topological polar surface area (TPSA) is 45.1 Å². The quantitative estimate of drug-likeness (QED) is 0.767. The molecule has 2 N–H and O–H groups in total. The van der Waals surface area contributed by atoms with Crippen LogP contribution in [-0.2, 0) is 6.54 Å². The van der Waals surface area contributed by atoms with Crippen LogP contribution in [0.1, 0.15) is 42.0 Å². The van der Waals surface area contributed by atoms with E-state index in [-0.39, 0.29) is 6.61 Å². The molecule has 1 aromatic rings. The predicted molar refractivity (Wildman–Crippen MR) is 66.7 cm³/mol. The Morgan fingerprint density at radius 1 is 1.62 bits per heavy atom. The van der Waals surface area contributed by atoms with E-state index >= 15 is 0 Å². The SMILES string of the molecule is CC(CCO)CNCc1cnc(C2CC2)s1. The van der Waals surface area contributed by atoms with Gasteiger partial charge in [-0.2, -0.15) is 0 Å². The number of nitrogens with one attached hydrogen (secondary N) is 1. The third-order valence-corrected chi connectivity index (χ3v) is 4.07. The molecule has 1 atom stereocenters. The van der Waals surface area contributed by atoms with Crippen molar-refractivity contribution in [2.24, 2.45) is 5.92 Å². The zero-order chi connectivity index (χ0) is 11.4. The van der Waals surface area contributed by atoms with Crippen LogP contribution in [0.2, 0.25) is 0 Å². The Kier molecular flexibility index (Phi) is 4.32. The third kappa shape index (κ3) is 3.54. The lowest BCUT2D eigenvalue weighted by Gasteiger charge is -2.09. The molecular weight excluding hydrogens is 220 g/mol. The molecule has 0 amide bonds. The average molecular weight is 240 g/mol. The van der Waals surface area contributed by atoms with Gasteiger partial charge >= 0.3 is 0 Å². The first-order chi connectivity index (χ1) is 7.79. The molecule has 0 spiro atoms. The van der Waals surface area contributed by atoms with Gasteiger partial charge in [0.1, 0.15) is 0 Å². The standard InChI is InChI=1S/C12H20N2OS/c1-9(4-5-15)6-13-7-11-8-14-12(16-11)10-2-3-10/h8-10,13,15H,2-7H2,1H3. The van der Waals surface area contributed by atoms with Crippen molar-refractivity contribution in [1.29, 1.82) is 0 Å². The van der Waals surface area contributed by atoms with E-state index < -0.39 is 0 Å². The van der Waals surface area contributed by atoms with Crippen LogP contribution in [0.25, 0.3) is 0 Å². The minimum Gasteiger partial charge on any atom is -0.396 e. The molecule has 1 unspecified atom stereocenters. The lowest BCUT2D eigenvalue weighted by molar-refractivity contribution is 0.260. The first kappa shape index (κ1) is 12.0. The van der Waals surface area contributed by atoms with Crippen molar-refractivity contribution in [3.05, 3.63) is 16.1 Å². The second-order valence-corrected chi connectivity index (χ2v) is 5.83. The van der Waals surface area contributed by atoms with Crippen LogP contribution in [0.3, 0.4) is 0 Å². The van der Waals surface area contributed by atoms with E-state index in [1.165, 1.54) is 22.7 Å². The van der Waals surface area contributed by atoms with Gasteiger partial charge in [0.25, 0.3) is 0 Å². The van der Waals surface area contributed by atoms with Gasteiger partial charge in [-0.05, 0) is 31.7 Å². The van der Waals surface area contributed by atoms with Crippen LogP contribution >= 0.6 is 11.3 Å². The van der Waals surface area contributed by atoms with Gasteiger partial charge in [0.2, 0.25) is 0 Å². The highest BCUT2D eigenvalue weighted by molar-refractivity contribution is 7.11. The Balaban J connectivity index is 1.68. The molecule has 1 aliphatic rings. The number of hydrogen-bond donors (Lipinski definition) is 2. The van der Waals surface area contributed by atoms with E-state index in [1.54, 1.807) is 0 Å². The second-order valence-electron chi connectivity index (χ2n) is 4.69. The highest BCUT2D eigenvalue weighted by atomic mass is 32.1. The minimum atomic E-state index is 0.287. The Morgan fingerprint density at radius 3 is 3.12 bits per heavy atom. The lowest BCUT2D eigenvalue weighted by Crippen LogP contribution is -2.20. The Labute approximate surface area is 101 Å². The first-order valence-corrected chi connectivity index (χ1v) is 6.87. The number of thiazole rings is 1. The van der Waals surface area contributed by atoms with E-state index in [1.807, 2.05) is 17.5 Å². The zero-order valence-electron chi connectivity index (χ0n) is 9.78. The summed E-state index contributed by atoms with van der Waals surface area (Å²) in [5, 5.41) is 13.5. The van der Waals surface area contributed by atoms with Crippen molar-refractivity contribution in [2.45, 2.75) is 38.6 Å². The molecule has 0 saturated heterocycles. The normalized spacial score (nSPS) is 17.6. The van der Waals surface area contributed by atoms with Crippen molar-refractivity contribution in [3.8, 4) is 0 Å². The molecule has 1 heterocycles. The van der Waals surface area contributed by atoms with E-state index in [9.17, 15) is 0 Å². The monoisotopic (exact) mass is 240 g/mol. The Hall–Kier alpha value is -0.450. The van der Waals surface area contributed by atoms with Gasteiger partial charge in [-0.3, -0.25) is 0 Å². The van der Waals surface area contributed by atoms with Crippen LogP contribution in [0.5, 0.6) is 0 Å². The number of aliphatic hydroxyl groups is 1. The largest absolute Gasteiger partial charge is 0.396 e. The van der Waals surface area contributed by atoms with Crippen LogP contribution in [0.15, 0.2) is 6.20 Å². The highest BCUT2D eigenvalue weighted by Gasteiger charge is 2.26. The fourth-order valence-electron chi connectivity index (χ4n) is 1.69. The van der Waals surface area contributed by atoms with Crippen LogP contribution in [-0.4, -0.2) is 23.2 Å². The van der Waals surface area contributed by atoms with Crippen molar-refractivity contribution in [1.82, 2.24) is 10.3 Å². The van der Waals surface area contributed by atoms with Crippen molar-refractivity contribution in [2.75, 3.05) is 13.2 Å². The molecule has 90 valence electrons. The summed E-state index contributed by atoms with van der Waals surface area (Å²) in [5.41, 5.74) is 0. The Morgan fingerprint density at radius 2 is 2.44 bits per heavy atom. The summed E-state index contributed by atoms with van der Waals surface area (Å²) in [4.78, 5) is 5.78. The summed E-state index contributed by atoms with van der Waals surface area (Å²) in [5.74, 6) is 1.31. The van der Waals surface area contributed by atoms with Crippen molar-refractivity contribution >= 4 is 11.3 Å². The molecule has 4 heteroatoms. The smallest absolute Gasteiger partial charge is 0.0959 e. The second kappa shape index (κ2) is 5.75. The lowest BCUT2D eigenvalue weighted by atomic mass is 10.1. The van der Waals surface area contributed by atoms with Gasteiger partial charge in [0.05, 0.1) is 5.01 Å². The zero-order valence-corrected chi connectivity index (χ0v) is 10.6. The molecule has 1 aliphatic carbocycles. The number of aliphatic hydroxyl groups excluding tert-OH is 1. The summed E-state index contributed by atoms with van der Waals surface area (Å²) in [6, 6.07) is 0. The molecule has 0 aliphatic heterocycles. The summed E-state index contributed by atoms with van der Waals surface area (Å²) in [7, 11) is 0. The fourth-order valence-corrected chi connectivity index (χ4v) is 2.74. The summed E-state index contributed by atoms with van der Waals surface area (Å²) < 4.78 is 0. The average Bonchev–Trinajstić information content (AvgIpc) is 3.00. The molecule has 1 aromatic heterocycles. The maximum atomic E-state index is 8.79. The van der Waals surface area contributed by atoms with Gasteiger partial charge in [-0.1, -0.05) is 6.92 Å². The minimum absolute atomic E-state index is 0.287. The number of aromatic nitrogens is 1. The van der Waals surface area contributed by atoms with E-state index in [2.05, 4.69) is 17.2 Å². The van der Waals surface area contributed by atoms with Gasteiger partial charge in [0.15, 0.2) is 0 Å². The molecular formula is C12H20N2OS. The van der Waals surface area contributed by atoms with Crippen LogP contribution in [0, 0.1) is 5.92 Å². The predicted octanol–water partition coefficient (Wildman–Crippen LogP) is 2.13. The van der Waals surface area contributed by atoms with Crippen molar-refractivity contribution in [3.63, 3.8) is 0 Å². The summed E-state index contributed by atoms with van der Waals surface area (Å²) in [6.07, 6.45) is 5.53. The first-order valence-electron chi connectivity index (χ1n) is 6.05. The van der Waals surface area contributed by atoms with E-state index in [4.69, 9.17) is 5.11 Å². The molecule has 16 heavy (non-hydrogen) atoms. The molecule has 1 saturated carbocycles. The molecule has 3 nitrogen and oxygen atoms in total. The highest BCUT2D eigenvalue weighted by Crippen LogP contribution is 2.41. The van der Waals surface area contributed by atoms with Gasteiger partial charge < -0.3 is 10.4 Å². The Bertz CT molecular complexity index is 323. The van der Waals surface area contributed by atoms with Gasteiger partial charge in [-0.15, -0.1) is 11.3 Å². The molecule has 0 bridgehead atoms. The van der Waals surface area contributed by atoms with Gasteiger partial charge in [-0.25, -0.2) is 4.98 Å². The van der Waals surface area contributed by atoms with Crippen LogP contribution in [0.4, 0.5) is 0 Å². The van der Waals surface area contributed by atoms with E-state index in [0.717, 1.165) is 25.4 Å². The number of rotatable bonds is 7. The fraction of sp³-hybridized carbons (Fsp3) is 0.750. The maximum Gasteiger partial charge on any atom is 0.0959 e.